The quantitative estimate of drug-likeness (QED) is 0.698. The van der Waals surface area contributed by atoms with E-state index >= 15 is 0 Å². The fourth-order valence-corrected chi connectivity index (χ4v) is 1.55. The summed E-state index contributed by atoms with van der Waals surface area (Å²) in [6.45, 7) is -0.596. The molecular weight excluding hydrogens is 211 g/mol. The van der Waals surface area contributed by atoms with Gasteiger partial charge in [-0.2, -0.15) is 0 Å². The smallest absolute Gasteiger partial charge is 0.128 e. The van der Waals surface area contributed by atoms with Crippen LogP contribution in [0, 0.1) is 0 Å². The van der Waals surface area contributed by atoms with Gasteiger partial charge in [0.25, 0.3) is 0 Å². The van der Waals surface area contributed by atoms with Gasteiger partial charge in [-0.25, -0.2) is 4.39 Å². The summed E-state index contributed by atoms with van der Waals surface area (Å²) in [5, 5.41) is 0. The Hall–Kier alpha value is -1.58. The summed E-state index contributed by atoms with van der Waals surface area (Å²) in [6, 6.07) is 3.33. The fourth-order valence-electron chi connectivity index (χ4n) is 1.55. The summed E-state index contributed by atoms with van der Waals surface area (Å²) in [6.07, 6.45) is 1.77. The second kappa shape index (κ2) is 6.10. The maximum Gasteiger partial charge on any atom is 0.128 e. The van der Waals surface area contributed by atoms with Crippen molar-refractivity contribution in [2.75, 3.05) is 14.2 Å². The highest BCUT2D eigenvalue weighted by molar-refractivity contribution is 5.52. The van der Waals surface area contributed by atoms with Crippen molar-refractivity contribution in [2.24, 2.45) is 0 Å². The van der Waals surface area contributed by atoms with E-state index in [1.807, 2.05) is 0 Å². The molecule has 0 unspecified atom stereocenters. The lowest BCUT2D eigenvalue weighted by atomic mass is 10.0. The van der Waals surface area contributed by atoms with E-state index in [0.717, 1.165) is 11.8 Å². The fraction of sp³-hybridized carbons (Fsp3) is 0.417. The highest BCUT2D eigenvalue weighted by Gasteiger charge is 2.10. The van der Waals surface area contributed by atoms with Crippen LogP contribution in [0.5, 0.6) is 11.5 Å². The molecule has 0 heterocycles. The van der Waals surface area contributed by atoms with Crippen molar-refractivity contribution < 1.29 is 18.7 Å². The lowest BCUT2D eigenvalue weighted by Gasteiger charge is -2.12. The van der Waals surface area contributed by atoms with Crippen molar-refractivity contribution in [3.63, 3.8) is 0 Å². The molecular formula is C12H15FO3. The first-order valence-electron chi connectivity index (χ1n) is 5.00. The monoisotopic (exact) mass is 226 g/mol. The summed E-state index contributed by atoms with van der Waals surface area (Å²) in [7, 11) is 3.02. The van der Waals surface area contributed by atoms with Crippen LogP contribution in [0.4, 0.5) is 4.39 Å². The number of carbonyl (C=O) groups is 1. The Kier molecular flexibility index (Phi) is 4.76. The number of hydrogen-bond acceptors (Lipinski definition) is 3. The first kappa shape index (κ1) is 12.5. The number of methoxy groups -OCH3 is 2. The minimum Gasteiger partial charge on any atom is -0.496 e. The van der Waals surface area contributed by atoms with Gasteiger partial charge in [0.1, 0.15) is 24.5 Å². The van der Waals surface area contributed by atoms with E-state index in [9.17, 15) is 9.18 Å². The number of alkyl halides is 1. The van der Waals surface area contributed by atoms with E-state index in [1.54, 1.807) is 12.1 Å². The van der Waals surface area contributed by atoms with Gasteiger partial charge < -0.3 is 14.3 Å². The molecule has 0 saturated carbocycles. The van der Waals surface area contributed by atoms with Gasteiger partial charge >= 0.3 is 0 Å². The summed E-state index contributed by atoms with van der Waals surface area (Å²) in [5.74, 6) is 1.09. The van der Waals surface area contributed by atoms with E-state index < -0.39 is 6.67 Å². The highest BCUT2D eigenvalue weighted by atomic mass is 19.1. The molecule has 0 bridgehead atoms. The molecule has 4 heteroatoms. The molecule has 0 aliphatic heterocycles. The van der Waals surface area contributed by atoms with Crippen LogP contribution in [-0.4, -0.2) is 20.5 Å². The maximum atomic E-state index is 12.7. The van der Waals surface area contributed by atoms with Gasteiger partial charge in [-0.15, -0.1) is 0 Å². The molecule has 0 atom stereocenters. The normalized spacial score (nSPS) is 9.94. The van der Waals surface area contributed by atoms with E-state index in [0.29, 0.717) is 29.9 Å². The lowest BCUT2D eigenvalue weighted by molar-refractivity contribution is -0.107. The largest absolute Gasteiger partial charge is 0.496 e. The van der Waals surface area contributed by atoms with Crippen molar-refractivity contribution in [1.29, 1.82) is 0 Å². The summed E-state index contributed by atoms with van der Waals surface area (Å²) < 4.78 is 22.9. The molecule has 0 aliphatic carbocycles. The average Bonchev–Trinajstić information content (AvgIpc) is 2.35. The zero-order valence-electron chi connectivity index (χ0n) is 9.46. The molecule has 0 radical (unpaired) electrons. The van der Waals surface area contributed by atoms with Crippen LogP contribution in [0.1, 0.15) is 17.5 Å². The number of aldehydes is 1. The third-order valence-electron chi connectivity index (χ3n) is 2.36. The zero-order valence-corrected chi connectivity index (χ0v) is 9.46. The first-order chi connectivity index (χ1) is 7.76. The van der Waals surface area contributed by atoms with Crippen LogP contribution in [0.15, 0.2) is 12.1 Å². The van der Waals surface area contributed by atoms with E-state index in [-0.39, 0.29) is 0 Å². The minimum absolute atomic E-state index is 0.397. The van der Waals surface area contributed by atoms with Crippen LogP contribution in [0.2, 0.25) is 0 Å². The second-order valence-corrected chi connectivity index (χ2v) is 3.31. The molecule has 16 heavy (non-hydrogen) atoms. The lowest BCUT2D eigenvalue weighted by Crippen LogP contribution is -1.98. The topological polar surface area (TPSA) is 35.5 Å². The third kappa shape index (κ3) is 2.72. The molecule has 0 spiro atoms. The average molecular weight is 226 g/mol. The third-order valence-corrected chi connectivity index (χ3v) is 2.36. The molecule has 0 aromatic heterocycles. The van der Waals surface area contributed by atoms with Gasteiger partial charge in [0, 0.05) is 18.1 Å². The van der Waals surface area contributed by atoms with Crippen LogP contribution in [-0.2, 0) is 17.9 Å². The molecule has 0 N–H and O–H groups in total. The Balaban J connectivity index is 3.09. The summed E-state index contributed by atoms with van der Waals surface area (Å²) in [5.41, 5.74) is 1.30. The van der Waals surface area contributed by atoms with E-state index in [4.69, 9.17) is 9.47 Å². The van der Waals surface area contributed by atoms with Gasteiger partial charge in [0.2, 0.25) is 0 Å². The number of hydrogen-bond donors (Lipinski definition) is 0. The van der Waals surface area contributed by atoms with Crippen molar-refractivity contribution in [3.05, 3.63) is 23.3 Å². The van der Waals surface area contributed by atoms with Gasteiger partial charge in [-0.05, 0) is 18.1 Å². The number of ether oxygens (including phenoxy) is 2. The molecule has 1 rings (SSSR count). The zero-order chi connectivity index (χ0) is 12.0. The predicted molar refractivity (Wildman–Crippen MR) is 58.7 cm³/mol. The molecule has 3 nitrogen and oxygen atoms in total. The van der Waals surface area contributed by atoms with Crippen LogP contribution in [0.25, 0.3) is 0 Å². The number of benzene rings is 1. The Morgan fingerprint density at radius 3 is 2.31 bits per heavy atom. The van der Waals surface area contributed by atoms with Crippen molar-refractivity contribution in [2.45, 2.75) is 19.5 Å². The second-order valence-electron chi connectivity index (χ2n) is 3.31. The first-order valence-corrected chi connectivity index (χ1v) is 5.00. The standard InChI is InChI=1S/C12H15FO3/c1-15-11-7-12(16-2)10(8-13)6-9(11)4-3-5-14/h5-7H,3-4,8H2,1-2H3. The molecule has 0 fully saturated rings. The SMILES string of the molecule is COc1cc(OC)c(CCC=O)cc1CF. The summed E-state index contributed by atoms with van der Waals surface area (Å²) >= 11 is 0. The molecule has 0 aliphatic rings. The Morgan fingerprint density at radius 1 is 1.19 bits per heavy atom. The van der Waals surface area contributed by atoms with Gasteiger partial charge in [-0.3, -0.25) is 0 Å². The minimum atomic E-state index is -0.596. The van der Waals surface area contributed by atoms with Gasteiger partial charge in [0.15, 0.2) is 0 Å². The van der Waals surface area contributed by atoms with Crippen LogP contribution >= 0.6 is 0 Å². The Morgan fingerprint density at radius 2 is 1.81 bits per heavy atom. The number of rotatable bonds is 6. The molecule has 0 saturated heterocycles. The van der Waals surface area contributed by atoms with Crippen LogP contribution in [0.3, 0.4) is 0 Å². The molecule has 0 amide bonds. The van der Waals surface area contributed by atoms with Crippen LogP contribution < -0.4 is 9.47 Å². The highest BCUT2D eigenvalue weighted by Crippen LogP contribution is 2.30. The van der Waals surface area contributed by atoms with Gasteiger partial charge in [0.05, 0.1) is 14.2 Å². The number of carbonyl (C=O) groups excluding carboxylic acids is 1. The predicted octanol–water partition coefficient (Wildman–Crippen LogP) is 2.30. The maximum absolute atomic E-state index is 12.7. The Labute approximate surface area is 94.2 Å². The number of halogens is 1. The van der Waals surface area contributed by atoms with Crippen molar-refractivity contribution >= 4 is 6.29 Å². The molecule has 1 aromatic carbocycles. The van der Waals surface area contributed by atoms with Crippen molar-refractivity contribution in [3.8, 4) is 11.5 Å². The van der Waals surface area contributed by atoms with E-state index in [2.05, 4.69) is 0 Å². The molecule has 1 aromatic rings. The van der Waals surface area contributed by atoms with E-state index in [1.165, 1.54) is 14.2 Å². The van der Waals surface area contributed by atoms with Crippen molar-refractivity contribution in [1.82, 2.24) is 0 Å². The van der Waals surface area contributed by atoms with Gasteiger partial charge in [-0.1, -0.05) is 0 Å². The Bertz CT molecular complexity index is 364. The summed E-state index contributed by atoms with van der Waals surface area (Å²) in [4.78, 5) is 10.3. The number of aryl methyl sites for hydroxylation is 1. The molecule has 88 valence electrons.